The molecule has 1 atom stereocenters. The van der Waals surface area contributed by atoms with Crippen molar-refractivity contribution in [1.82, 2.24) is 14.6 Å². The van der Waals surface area contributed by atoms with Gasteiger partial charge in [-0.25, -0.2) is 8.42 Å². The van der Waals surface area contributed by atoms with E-state index in [1.165, 1.54) is 10.4 Å². The smallest absolute Gasteiger partial charge is 0.277 e. The molecule has 1 N–H and O–H groups in total. The van der Waals surface area contributed by atoms with Gasteiger partial charge < -0.3 is 9.73 Å². The Morgan fingerprint density at radius 2 is 2.00 bits per heavy atom. The summed E-state index contributed by atoms with van der Waals surface area (Å²) in [6.07, 6.45) is 2.67. The predicted octanol–water partition coefficient (Wildman–Crippen LogP) is 3.84. The lowest BCUT2D eigenvalue weighted by Crippen LogP contribution is -2.45. The van der Waals surface area contributed by atoms with E-state index < -0.39 is 16.1 Å². The van der Waals surface area contributed by atoms with Gasteiger partial charge in [-0.05, 0) is 48.7 Å². The molecule has 0 radical (unpaired) electrons. The maximum atomic E-state index is 13.3. The quantitative estimate of drug-likeness (QED) is 0.443. The van der Waals surface area contributed by atoms with Gasteiger partial charge in [-0.15, -0.1) is 0 Å². The van der Waals surface area contributed by atoms with Gasteiger partial charge in [0.15, 0.2) is 0 Å². The summed E-state index contributed by atoms with van der Waals surface area (Å²) in [5, 5.41) is 12.5. The summed E-state index contributed by atoms with van der Waals surface area (Å²) in [4.78, 5) is 17.4. The van der Waals surface area contributed by atoms with Crippen LogP contribution in [0, 0.1) is 11.3 Å². The third-order valence-corrected chi connectivity index (χ3v) is 7.81. The molecule has 2 aromatic carbocycles. The summed E-state index contributed by atoms with van der Waals surface area (Å²) in [5.74, 6) is -0.355. The van der Waals surface area contributed by atoms with E-state index in [2.05, 4.69) is 16.4 Å². The topological polar surface area (TPSA) is 116 Å². The van der Waals surface area contributed by atoms with Gasteiger partial charge >= 0.3 is 0 Å². The number of fused-ring (bicyclic) bond motifs is 1. The minimum atomic E-state index is -3.96. The lowest BCUT2D eigenvalue weighted by Gasteiger charge is -2.22. The minimum Gasteiger partial charge on any atom is -0.443 e. The molecule has 9 heteroatoms. The second kappa shape index (κ2) is 9.33. The summed E-state index contributed by atoms with van der Waals surface area (Å²) in [5.41, 5.74) is 3.32. The Morgan fingerprint density at radius 3 is 2.83 bits per heavy atom. The van der Waals surface area contributed by atoms with Crippen LogP contribution in [0.1, 0.15) is 24.0 Å². The van der Waals surface area contributed by atoms with Crippen LogP contribution < -0.4 is 5.32 Å². The molecular formula is C26H22N4O4S. The number of nitrogens with zero attached hydrogens (tertiary/aromatic N) is 3. The number of amides is 1. The highest BCUT2D eigenvalue weighted by Gasteiger charge is 2.41. The molecule has 3 heterocycles. The number of carbonyl (C=O) groups is 1. The number of hydrogen-bond donors (Lipinski definition) is 1. The number of para-hydroxylation sites is 1. The number of benzene rings is 2. The van der Waals surface area contributed by atoms with Crippen molar-refractivity contribution in [2.45, 2.75) is 30.5 Å². The van der Waals surface area contributed by atoms with Crippen molar-refractivity contribution in [1.29, 1.82) is 5.26 Å². The van der Waals surface area contributed by atoms with E-state index in [1.807, 2.05) is 18.2 Å². The lowest BCUT2D eigenvalue weighted by molar-refractivity contribution is -0.124. The molecule has 0 spiro atoms. The zero-order chi connectivity index (χ0) is 24.4. The Morgan fingerprint density at radius 1 is 1.14 bits per heavy atom. The molecule has 2 aromatic heterocycles. The number of sulfonamides is 1. The van der Waals surface area contributed by atoms with Crippen molar-refractivity contribution in [3.63, 3.8) is 0 Å². The molecule has 0 saturated carbocycles. The molecule has 5 rings (SSSR count). The Hall–Kier alpha value is -4.00. The average molecular weight is 487 g/mol. The van der Waals surface area contributed by atoms with E-state index >= 15 is 0 Å². The SMILES string of the molecule is N#Cc1cccc(-c2cc(CNC(=O)[C@@H]3CCCN3S(=O)(=O)c3cc4ccccc4o3)ccn2)c1. The summed E-state index contributed by atoms with van der Waals surface area (Å²) >= 11 is 0. The first-order valence-electron chi connectivity index (χ1n) is 11.2. The van der Waals surface area contributed by atoms with Crippen molar-refractivity contribution >= 4 is 26.9 Å². The second-order valence-electron chi connectivity index (χ2n) is 8.34. The van der Waals surface area contributed by atoms with E-state index in [0.29, 0.717) is 35.1 Å². The van der Waals surface area contributed by atoms with Crippen molar-refractivity contribution in [3.05, 3.63) is 84.1 Å². The average Bonchev–Trinajstić information content (AvgIpc) is 3.56. The molecule has 1 aliphatic heterocycles. The van der Waals surface area contributed by atoms with Crippen LogP contribution in [0.2, 0.25) is 0 Å². The van der Waals surface area contributed by atoms with Gasteiger partial charge in [0.05, 0.1) is 17.3 Å². The van der Waals surface area contributed by atoms with Gasteiger partial charge in [-0.2, -0.15) is 9.57 Å². The minimum absolute atomic E-state index is 0.156. The number of carbonyl (C=O) groups excluding carboxylic acids is 1. The van der Waals surface area contributed by atoms with Crippen LogP contribution in [-0.4, -0.2) is 36.2 Å². The molecule has 8 nitrogen and oxygen atoms in total. The number of nitrogens with one attached hydrogen (secondary N) is 1. The van der Waals surface area contributed by atoms with Crippen molar-refractivity contribution in [2.75, 3.05) is 6.54 Å². The fourth-order valence-electron chi connectivity index (χ4n) is 4.29. The zero-order valence-electron chi connectivity index (χ0n) is 18.7. The Bertz CT molecular complexity index is 1520. The normalized spacial score (nSPS) is 16.3. The first-order valence-corrected chi connectivity index (χ1v) is 12.6. The van der Waals surface area contributed by atoms with E-state index in [-0.39, 0.29) is 24.1 Å². The third-order valence-electron chi connectivity index (χ3n) is 6.05. The van der Waals surface area contributed by atoms with Crippen LogP contribution in [0.3, 0.4) is 0 Å². The van der Waals surface area contributed by atoms with Gasteiger partial charge in [-0.1, -0.05) is 30.3 Å². The van der Waals surface area contributed by atoms with Gasteiger partial charge in [0.25, 0.3) is 10.0 Å². The van der Waals surface area contributed by atoms with Gasteiger partial charge in [-0.3, -0.25) is 9.78 Å². The van der Waals surface area contributed by atoms with E-state index in [4.69, 9.17) is 9.68 Å². The summed E-state index contributed by atoms with van der Waals surface area (Å²) < 4.78 is 33.3. The first-order chi connectivity index (χ1) is 17.0. The summed E-state index contributed by atoms with van der Waals surface area (Å²) in [6.45, 7) is 0.480. The van der Waals surface area contributed by atoms with Crippen LogP contribution in [0.5, 0.6) is 0 Å². The lowest BCUT2D eigenvalue weighted by atomic mass is 10.1. The van der Waals surface area contributed by atoms with Gasteiger partial charge in [0.2, 0.25) is 11.0 Å². The summed E-state index contributed by atoms with van der Waals surface area (Å²) in [7, 11) is -3.96. The van der Waals surface area contributed by atoms with Crippen LogP contribution in [-0.2, 0) is 21.4 Å². The van der Waals surface area contributed by atoms with Crippen molar-refractivity contribution in [3.8, 4) is 17.3 Å². The van der Waals surface area contributed by atoms with Crippen LogP contribution in [0.25, 0.3) is 22.2 Å². The molecule has 4 aromatic rings. The predicted molar refractivity (Wildman–Crippen MR) is 129 cm³/mol. The fraction of sp³-hybridized carbons (Fsp3) is 0.192. The van der Waals surface area contributed by atoms with Crippen LogP contribution in [0.4, 0.5) is 0 Å². The molecule has 1 amide bonds. The highest BCUT2D eigenvalue weighted by molar-refractivity contribution is 7.89. The Labute approximate surface area is 202 Å². The summed E-state index contributed by atoms with van der Waals surface area (Å²) in [6, 6.07) is 20.7. The van der Waals surface area contributed by atoms with E-state index in [0.717, 1.165) is 11.1 Å². The third kappa shape index (κ3) is 4.54. The highest BCUT2D eigenvalue weighted by Crippen LogP contribution is 2.30. The molecule has 176 valence electrons. The fourth-order valence-corrected chi connectivity index (χ4v) is 5.90. The molecule has 0 bridgehead atoms. The van der Waals surface area contributed by atoms with Crippen LogP contribution in [0.15, 0.2) is 82.4 Å². The van der Waals surface area contributed by atoms with E-state index in [1.54, 1.807) is 48.7 Å². The largest absolute Gasteiger partial charge is 0.443 e. The Kier molecular flexibility index (Phi) is 6.07. The molecular weight excluding hydrogens is 464 g/mol. The number of hydrogen-bond acceptors (Lipinski definition) is 6. The standard InChI is InChI=1S/C26H22N4O4S/c27-16-18-5-3-7-20(13-18)22-14-19(10-11-28-22)17-29-26(31)23-8-4-12-30(23)35(32,33)25-15-21-6-1-2-9-24(21)34-25/h1-3,5-7,9-11,13-15,23H,4,8,12,17H2,(H,29,31)/t23-/m0/s1. The molecule has 0 aliphatic carbocycles. The second-order valence-corrected chi connectivity index (χ2v) is 10.2. The maximum absolute atomic E-state index is 13.3. The van der Waals surface area contributed by atoms with E-state index in [9.17, 15) is 13.2 Å². The monoisotopic (exact) mass is 486 g/mol. The van der Waals surface area contributed by atoms with Gasteiger partial charge in [0.1, 0.15) is 11.6 Å². The number of aromatic nitrogens is 1. The number of rotatable bonds is 6. The van der Waals surface area contributed by atoms with Crippen LogP contribution >= 0.6 is 0 Å². The first kappa shape index (κ1) is 22.8. The zero-order valence-corrected chi connectivity index (χ0v) is 19.5. The van der Waals surface area contributed by atoms with Crippen molar-refractivity contribution in [2.24, 2.45) is 0 Å². The number of pyridine rings is 1. The molecule has 0 unspecified atom stereocenters. The molecule has 1 saturated heterocycles. The van der Waals surface area contributed by atoms with Gasteiger partial charge in [0, 0.05) is 36.3 Å². The Balaban J connectivity index is 1.30. The molecule has 35 heavy (non-hydrogen) atoms. The molecule has 1 fully saturated rings. The number of furan rings is 1. The number of nitriles is 1. The molecule has 1 aliphatic rings. The maximum Gasteiger partial charge on any atom is 0.277 e. The van der Waals surface area contributed by atoms with Crippen molar-refractivity contribution < 1.29 is 17.6 Å². The highest BCUT2D eigenvalue weighted by atomic mass is 32.2.